The molecule has 1 unspecified atom stereocenters. The van der Waals surface area contributed by atoms with E-state index in [4.69, 9.17) is 9.47 Å². The van der Waals surface area contributed by atoms with Crippen molar-refractivity contribution in [2.24, 2.45) is 17.8 Å². The van der Waals surface area contributed by atoms with Crippen LogP contribution in [0.15, 0.2) is 24.3 Å². The van der Waals surface area contributed by atoms with Crippen LogP contribution in [0.3, 0.4) is 0 Å². The minimum atomic E-state index is -0.296. The number of nitrogens with one attached hydrogen (secondary N) is 1. The van der Waals surface area contributed by atoms with Crippen molar-refractivity contribution in [2.75, 3.05) is 20.8 Å². The molecule has 1 saturated heterocycles. The van der Waals surface area contributed by atoms with Crippen LogP contribution in [0, 0.1) is 17.8 Å². The highest BCUT2D eigenvalue weighted by atomic mass is 35.5. The summed E-state index contributed by atoms with van der Waals surface area (Å²) in [5.41, 5.74) is 1.85. The fourth-order valence-corrected chi connectivity index (χ4v) is 4.40. The van der Waals surface area contributed by atoms with Gasteiger partial charge in [-0.3, -0.25) is 4.79 Å². The number of ether oxygens (including phenoxy) is 2. The molecule has 1 saturated carbocycles. The zero-order valence-corrected chi connectivity index (χ0v) is 16.2. The van der Waals surface area contributed by atoms with Gasteiger partial charge >= 0.3 is 11.9 Å². The number of halogens is 1. The van der Waals surface area contributed by atoms with E-state index in [-0.39, 0.29) is 30.4 Å². The topological polar surface area (TPSA) is 64.6 Å². The van der Waals surface area contributed by atoms with Gasteiger partial charge in [-0.15, -0.1) is 12.4 Å². The minimum Gasteiger partial charge on any atom is -0.468 e. The van der Waals surface area contributed by atoms with Crippen LogP contribution in [0.1, 0.15) is 41.6 Å². The van der Waals surface area contributed by atoms with E-state index < -0.39 is 0 Å². The number of hydrogen-bond donors (Lipinski definition) is 1. The first-order valence-electron chi connectivity index (χ1n) is 9.09. The third-order valence-electron chi connectivity index (χ3n) is 5.80. The number of benzene rings is 1. The Hall–Kier alpha value is -1.59. The van der Waals surface area contributed by atoms with E-state index in [9.17, 15) is 9.59 Å². The van der Waals surface area contributed by atoms with Crippen LogP contribution >= 0.6 is 12.4 Å². The Bertz CT molecular complexity index is 619. The Balaban J connectivity index is 0.00000243. The van der Waals surface area contributed by atoms with Crippen molar-refractivity contribution in [3.8, 4) is 0 Å². The number of rotatable bonds is 4. The number of methoxy groups -OCH3 is 2. The molecule has 1 aromatic rings. The lowest BCUT2D eigenvalue weighted by Crippen LogP contribution is -2.50. The van der Waals surface area contributed by atoms with Crippen molar-refractivity contribution in [1.82, 2.24) is 5.32 Å². The SMILES string of the molecule is COC(=O)c1ccc(CC2CC[C@H]3CN[C@H](C(=O)OC)C[C@H]3C2)cc1.Cl. The minimum absolute atomic E-state index is 0. The van der Waals surface area contributed by atoms with Crippen molar-refractivity contribution in [3.05, 3.63) is 35.4 Å². The summed E-state index contributed by atoms with van der Waals surface area (Å²) >= 11 is 0. The first-order valence-corrected chi connectivity index (χ1v) is 9.09. The highest BCUT2D eigenvalue weighted by Crippen LogP contribution is 2.39. The molecule has 3 rings (SSSR count). The van der Waals surface area contributed by atoms with Gasteiger partial charge in [0.15, 0.2) is 0 Å². The maximum atomic E-state index is 11.8. The highest BCUT2D eigenvalue weighted by molar-refractivity contribution is 5.89. The predicted octanol–water partition coefficient (Wildman–Crippen LogP) is 3.00. The van der Waals surface area contributed by atoms with E-state index in [0.717, 1.165) is 19.4 Å². The molecule has 0 radical (unpaired) electrons. The zero-order valence-electron chi connectivity index (χ0n) is 15.4. The van der Waals surface area contributed by atoms with Crippen LogP contribution in [-0.4, -0.2) is 38.7 Å². The lowest BCUT2D eigenvalue weighted by atomic mass is 9.68. The molecular formula is C20H28ClNO4. The zero-order chi connectivity index (χ0) is 17.8. The van der Waals surface area contributed by atoms with Gasteiger partial charge < -0.3 is 14.8 Å². The maximum absolute atomic E-state index is 11.8. The Labute approximate surface area is 161 Å². The second kappa shape index (κ2) is 9.38. The van der Waals surface area contributed by atoms with E-state index >= 15 is 0 Å². The van der Waals surface area contributed by atoms with Gasteiger partial charge in [-0.2, -0.15) is 0 Å². The van der Waals surface area contributed by atoms with E-state index in [0.29, 0.717) is 23.3 Å². The van der Waals surface area contributed by atoms with Crippen molar-refractivity contribution in [2.45, 2.75) is 38.1 Å². The lowest BCUT2D eigenvalue weighted by Gasteiger charge is -2.42. The molecule has 0 spiro atoms. The van der Waals surface area contributed by atoms with Gasteiger partial charge in [0, 0.05) is 0 Å². The third-order valence-corrected chi connectivity index (χ3v) is 5.80. The normalized spacial score (nSPS) is 27.6. The number of piperidine rings is 1. The molecular weight excluding hydrogens is 354 g/mol. The second-order valence-electron chi connectivity index (χ2n) is 7.31. The maximum Gasteiger partial charge on any atom is 0.337 e. The standard InChI is InChI=1S/C20H27NO4.ClH/c1-24-19(22)15-6-3-13(4-7-15)9-14-5-8-16-12-21-18(20(23)25-2)11-17(16)10-14;/h3-4,6-7,14,16-18,21H,5,8-12H2,1-2H3;1H/t14?,16-,17+,18-;/m0./s1. The van der Waals surface area contributed by atoms with Gasteiger partial charge in [0.2, 0.25) is 0 Å². The molecule has 0 amide bonds. The Kier molecular flexibility index (Phi) is 7.47. The largest absolute Gasteiger partial charge is 0.468 e. The van der Waals surface area contributed by atoms with Gasteiger partial charge in [-0.1, -0.05) is 12.1 Å². The third kappa shape index (κ3) is 4.77. The van der Waals surface area contributed by atoms with Crippen molar-refractivity contribution in [1.29, 1.82) is 0 Å². The predicted molar refractivity (Wildman–Crippen MR) is 101 cm³/mol. The second-order valence-corrected chi connectivity index (χ2v) is 7.31. The van der Waals surface area contributed by atoms with Crippen molar-refractivity contribution < 1.29 is 19.1 Å². The van der Waals surface area contributed by atoms with Crippen molar-refractivity contribution in [3.63, 3.8) is 0 Å². The molecule has 2 aliphatic rings. The number of fused-ring (bicyclic) bond motifs is 1. The van der Waals surface area contributed by atoms with Crippen LogP contribution < -0.4 is 5.32 Å². The summed E-state index contributed by atoms with van der Waals surface area (Å²) < 4.78 is 9.63. The van der Waals surface area contributed by atoms with Crippen molar-refractivity contribution >= 4 is 24.3 Å². The molecule has 4 atom stereocenters. The Morgan fingerprint density at radius 2 is 1.77 bits per heavy atom. The summed E-state index contributed by atoms with van der Waals surface area (Å²) in [7, 11) is 2.85. The fraction of sp³-hybridized carbons (Fsp3) is 0.600. The molecule has 144 valence electrons. The quantitative estimate of drug-likeness (QED) is 0.812. The molecule has 1 heterocycles. The molecule has 1 aliphatic heterocycles. The first-order chi connectivity index (χ1) is 12.1. The fourth-order valence-electron chi connectivity index (χ4n) is 4.40. The van der Waals surface area contributed by atoms with Gasteiger partial charge in [-0.05, 0) is 74.1 Å². The monoisotopic (exact) mass is 381 g/mol. The van der Waals surface area contributed by atoms with E-state index in [2.05, 4.69) is 5.32 Å². The van der Waals surface area contributed by atoms with E-state index in [1.165, 1.54) is 39.0 Å². The molecule has 0 bridgehead atoms. The Morgan fingerprint density at radius 1 is 1.04 bits per heavy atom. The summed E-state index contributed by atoms with van der Waals surface area (Å²) in [6, 6.07) is 7.58. The van der Waals surface area contributed by atoms with Gasteiger partial charge in [0.05, 0.1) is 19.8 Å². The number of carbonyl (C=O) groups is 2. The summed E-state index contributed by atoms with van der Waals surface area (Å²) in [4.78, 5) is 23.3. The molecule has 1 N–H and O–H groups in total. The molecule has 6 heteroatoms. The van der Waals surface area contributed by atoms with E-state index in [1.807, 2.05) is 24.3 Å². The average molecular weight is 382 g/mol. The lowest BCUT2D eigenvalue weighted by molar-refractivity contribution is -0.144. The van der Waals surface area contributed by atoms with Gasteiger partial charge in [-0.25, -0.2) is 4.79 Å². The van der Waals surface area contributed by atoms with Gasteiger partial charge in [0.25, 0.3) is 0 Å². The highest BCUT2D eigenvalue weighted by Gasteiger charge is 2.37. The summed E-state index contributed by atoms with van der Waals surface area (Å²) in [6.45, 7) is 0.922. The molecule has 2 fully saturated rings. The number of hydrogen-bond acceptors (Lipinski definition) is 5. The number of carbonyl (C=O) groups excluding carboxylic acids is 2. The smallest absolute Gasteiger partial charge is 0.337 e. The average Bonchev–Trinajstić information content (AvgIpc) is 2.66. The van der Waals surface area contributed by atoms with E-state index in [1.54, 1.807) is 0 Å². The van der Waals surface area contributed by atoms with Crippen LogP contribution in [0.4, 0.5) is 0 Å². The summed E-state index contributed by atoms with van der Waals surface area (Å²) in [5, 5.41) is 3.34. The summed E-state index contributed by atoms with van der Waals surface area (Å²) in [6.07, 6.45) is 5.52. The van der Waals surface area contributed by atoms with Crippen LogP contribution in [0.25, 0.3) is 0 Å². The van der Waals surface area contributed by atoms with Crippen LogP contribution in [0.5, 0.6) is 0 Å². The van der Waals surface area contributed by atoms with Gasteiger partial charge in [0.1, 0.15) is 6.04 Å². The number of esters is 2. The van der Waals surface area contributed by atoms with Crippen LogP contribution in [0.2, 0.25) is 0 Å². The molecule has 1 aromatic carbocycles. The molecule has 0 aromatic heterocycles. The summed E-state index contributed by atoms with van der Waals surface area (Å²) in [5.74, 6) is 1.48. The molecule has 1 aliphatic carbocycles. The molecule has 5 nitrogen and oxygen atoms in total. The Morgan fingerprint density at radius 3 is 2.42 bits per heavy atom. The first kappa shape index (κ1) is 20.7. The van der Waals surface area contributed by atoms with Crippen LogP contribution in [-0.2, 0) is 20.7 Å². The molecule has 26 heavy (non-hydrogen) atoms.